The maximum absolute atomic E-state index is 13.1. The Bertz CT molecular complexity index is 1380. The summed E-state index contributed by atoms with van der Waals surface area (Å²) in [6.45, 7) is 1.89. The van der Waals surface area contributed by atoms with Crippen LogP contribution in [-0.4, -0.2) is 8.42 Å². The number of nitrogens with one attached hydrogen (secondary N) is 1. The van der Waals surface area contributed by atoms with Gasteiger partial charge in [-0.1, -0.05) is 84.4 Å². The molecule has 186 valence electrons. The highest BCUT2D eigenvalue weighted by Crippen LogP contribution is 2.32. The maximum Gasteiger partial charge on any atom is 0.416 e. The molecule has 4 aromatic rings. The topological polar surface area (TPSA) is 46.2 Å². The van der Waals surface area contributed by atoms with Crippen LogP contribution in [0.2, 0.25) is 0 Å². The maximum atomic E-state index is 13.1. The minimum absolute atomic E-state index is 0.194. The number of alkyl halides is 3. The van der Waals surface area contributed by atoms with Crippen molar-refractivity contribution in [1.29, 1.82) is 0 Å². The highest BCUT2D eigenvalue weighted by atomic mass is 32.2. The number of rotatable bonds is 8. The molecule has 0 aliphatic carbocycles. The second kappa shape index (κ2) is 10.7. The molecular weight excluding hydrogens is 483 g/mol. The van der Waals surface area contributed by atoms with Gasteiger partial charge in [-0.3, -0.25) is 0 Å². The molecule has 0 aliphatic rings. The minimum atomic E-state index is -4.39. The smallest absolute Gasteiger partial charge is 0.207 e. The normalized spacial score (nSPS) is 12.9. The summed E-state index contributed by atoms with van der Waals surface area (Å²) in [6.07, 6.45) is -3.18. The van der Waals surface area contributed by atoms with Crippen molar-refractivity contribution in [1.82, 2.24) is 4.72 Å². The second-order valence-electron chi connectivity index (χ2n) is 8.71. The second-order valence-corrected chi connectivity index (χ2v) is 10.4. The van der Waals surface area contributed by atoms with Crippen molar-refractivity contribution in [2.45, 2.75) is 36.9 Å². The van der Waals surface area contributed by atoms with Crippen molar-refractivity contribution in [3.8, 4) is 11.1 Å². The summed E-state index contributed by atoms with van der Waals surface area (Å²) in [6, 6.07) is 28.2. The zero-order valence-electron chi connectivity index (χ0n) is 19.7. The van der Waals surface area contributed by atoms with Gasteiger partial charge in [0.15, 0.2) is 0 Å². The van der Waals surface area contributed by atoms with Gasteiger partial charge in [-0.2, -0.15) is 13.2 Å². The molecule has 0 fully saturated rings. The molecule has 0 radical (unpaired) electrons. The van der Waals surface area contributed by atoms with Gasteiger partial charge in [0.1, 0.15) is 0 Å². The van der Waals surface area contributed by atoms with Gasteiger partial charge in [0, 0.05) is 6.04 Å². The predicted octanol–water partition coefficient (Wildman–Crippen LogP) is 7.33. The number of hydrogen-bond acceptors (Lipinski definition) is 2. The van der Waals surface area contributed by atoms with Crippen LogP contribution in [0.3, 0.4) is 0 Å². The number of benzene rings is 4. The molecule has 0 bridgehead atoms. The molecule has 1 atom stereocenters. The van der Waals surface area contributed by atoms with E-state index in [0.717, 1.165) is 34.4 Å². The molecule has 36 heavy (non-hydrogen) atoms. The van der Waals surface area contributed by atoms with Crippen LogP contribution in [-0.2, 0) is 22.6 Å². The molecule has 4 rings (SSSR count). The zero-order valence-corrected chi connectivity index (χ0v) is 20.5. The Hall–Kier alpha value is -3.42. The quantitative estimate of drug-likeness (QED) is 0.270. The number of halogens is 3. The van der Waals surface area contributed by atoms with E-state index in [1.54, 1.807) is 36.4 Å². The Morgan fingerprint density at radius 3 is 1.86 bits per heavy atom. The first kappa shape index (κ1) is 25.7. The van der Waals surface area contributed by atoms with Crippen molar-refractivity contribution in [3.63, 3.8) is 0 Å². The van der Waals surface area contributed by atoms with E-state index in [-0.39, 0.29) is 4.90 Å². The van der Waals surface area contributed by atoms with Gasteiger partial charge in [-0.05, 0) is 66.3 Å². The Balaban J connectivity index is 1.59. The van der Waals surface area contributed by atoms with Crippen LogP contribution >= 0.6 is 0 Å². The van der Waals surface area contributed by atoms with Gasteiger partial charge in [0.25, 0.3) is 0 Å². The molecule has 0 saturated heterocycles. The Morgan fingerprint density at radius 1 is 0.750 bits per heavy atom. The van der Waals surface area contributed by atoms with Gasteiger partial charge < -0.3 is 0 Å². The van der Waals surface area contributed by atoms with E-state index in [1.807, 2.05) is 49.4 Å². The minimum Gasteiger partial charge on any atom is -0.207 e. The van der Waals surface area contributed by atoms with Gasteiger partial charge in [-0.15, -0.1) is 0 Å². The average Bonchev–Trinajstić information content (AvgIpc) is 2.87. The molecule has 1 unspecified atom stereocenters. The third kappa shape index (κ3) is 6.42. The molecule has 4 aromatic carbocycles. The molecule has 0 aliphatic heterocycles. The molecule has 0 aromatic heterocycles. The summed E-state index contributed by atoms with van der Waals surface area (Å²) < 4.78 is 67.8. The first-order valence-corrected chi connectivity index (χ1v) is 13.0. The summed E-state index contributed by atoms with van der Waals surface area (Å²) in [7, 11) is -3.77. The Labute approximate surface area is 209 Å². The fourth-order valence-electron chi connectivity index (χ4n) is 3.98. The predicted molar refractivity (Wildman–Crippen MR) is 136 cm³/mol. The van der Waals surface area contributed by atoms with E-state index in [1.165, 1.54) is 12.1 Å². The molecule has 7 heteroatoms. The molecule has 0 spiro atoms. The zero-order chi connectivity index (χ0) is 25.8. The van der Waals surface area contributed by atoms with E-state index in [0.29, 0.717) is 18.4 Å². The van der Waals surface area contributed by atoms with Gasteiger partial charge in [-0.25, -0.2) is 13.1 Å². The molecule has 0 heterocycles. The van der Waals surface area contributed by atoms with Gasteiger partial charge in [0.2, 0.25) is 10.0 Å². The highest BCUT2D eigenvalue weighted by Gasteiger charge is 2.30. The number of aryl methyl sites for hydroxylation is 2. The highest BCUT2D eigenvalue weighted by molar-refractivity contribution is 7.89. The van der Waals surface area contributed by atoms with Crippen molar-refractivity contribution >= 4 is 10.0 Å². The van der Waals surface area contributed by atoms with Gasteiger partial charge >= 0.3 is 6.18 Å². The van der Waals surface area contributed by atoms with Crippen LogP contribution in [0.5, 0.6) is 0 Å². The monoisotopic (exact) mass is 509 g/mol. The molecule has 3 nitrogen and oxygen atoms in total. The van der Waals surface area contributed by atoms with Crippen molar-refractivity contribution in [3.05, 3.63) is 125 Å². The van der Waals surface area contributed by atoms with Crippen LogP contribution in [0.25, 0.3) is 11.1 Å². The van der Waals surface area contributed by atoms with Crippen molar-refractivity contribution in [2.24, 2.45) is 0 Å². The van der Waals surface area contributed by atoms with Gasteiger partial charge in [0.05, 0.1) is 10.5 Å². The van der Waals surface area contributed by atoms with Crippen molar-refractivity contribution in [2.75, 3.05) is 0 Å². The SMILES string of the molecule is Cc1ccc(S(=O)(=O)NC(CCc2ccccc2)c2ccc(-c3ccc(C(F)(F)F)cc3)cc2)cc1. The summed E-state index contributed by atoms with van der Waals surface area (Å²) in [4.78, 5) is 0.194. The molecule has 0 amide bonds. The van der Waals surface area contributed by atoms with E-state index >= 15 is 0 Å². The summed E-state index contributed by atoms with van der Waals surface area (Å²) in [5.41, 5.74) is 3.53. The Kier molecular flexibility index (Phi) is 7.62. The molecule has 0 saturated carbocycles. The standard InChI is InChI=1S/C29H26F3NO2S/c1-21-7-18-27(19-8-21)36(34,35)33-28(20-9-22-5-3-2-4-6-22)25-12-10-23(11-13-25)24-14-16-26(17-15-24)29(30,31)32/h2-8,10-19,28,33H,9,20H2,1H3. The first-order valence-electron chi connectivity index (χ1n) is 11.5. The lowest BCUT2D eigenvalue weighted by Crippen LogP contribution is -2.29. The van der Waals surface area contributed by atoms with Crippen LogP contribution in [0.1, 0.15) is 34.7 Å². The number of hydrogen-bond donors (Lipinski definition) is 1. The van der Waals surface area contributed by atoms with Crippen LogP contribution < -0.4 is 4.72 Å². The summed E-state index contributed by atoms with van der Waals surface area (Å²) >= 11 is 0. The summed E-state index contributed by atoms with van der Waals surface area (Å²) in [5, 5.41) is 0. The van der Waals surface area contributed by atoms with E-state index in [2.05, 4.69) is 4.72 Å². The largest absolute Gasteiger partial charge is 0.416 e. The van der Waals surface area contributed by atoms with E-state index in [4.69, 9.17) is 0 Å². The summed E-state index contributed by atoms with van der Waals surface area (Å²) in [5.74, 6) is 0. The third-order valence-corrected chi connectivity index (χ3v) is 7.54. The fourth-order valence-corrected chi connectivity index (χ4v) is 5.24. The third-order valence-electron chi connectivity index (χ3n) is 6.05. The fraction of sp³-hybridized carbons (Fsp3) is 0.172. The van der Waals surface area contributed by atoms with E-state index < -0.39 is 27.8 Å². The number of sulfonamides is 1. The lowest BCUT2D eigenvalue weighted by molar-refractivity contribution is -0.137. The first-order chi connectivity index (χ1) is 17.1. The Morgan fingerprint density at radius 2 is 1.31 bits per heavy atom. The van der Waals surface area contributed by atoms with Crippen LogP contribution in [0, 0.1) is 6.92 Å². The molecule has 1 N–H and O–H groups in total. The van der Waals surface area contributed by atoms with Crippen LogP contribution in [0.15, 0.2) is 108 Å². The van der Waals surface area contributed by atoms with Crippen LogP contribution in [0.4, 0.5) is 13.2 Å². The van der Waals surface area contributed by atoms with E-state index in [9.17, 15) is 21.6 Å². The average molecular weight is 510 g/mol. The lowest BCUT2D eigenvalue weighted by atomic mass is 9.97. The lowest BCUT2D eigenvalue weighted by Gasteiger charge is -2.20. The molecular formula is C29H26F3NO2S. The van der Waals surface area contributed by atoms with Crippen molar-refractivity contribution < 1.29 is 21.6 Å².